The van der Waals surface area contributed by atoms with E-state index < -0.39 is 5.97 Å². The molecule has 0 radical (unpaired) electrons. The number of aliphatic carboxylic acids is 1. The van der Waals surface area contributed by atoms with Gasteiger partial charge in [0.2, 0.25) is 0 Å². The van der Waals surface area contributed by atoms with Gasteiger partial charge in [-0.1, -0.05) is 42.5 Å². The third kappa shape index (κ3) is 2.45. The number of carbonyl (C=O) groups is 1. The van der Waals surface area contributed by atoms with Gasteiger partial charge in [0.1, 0.15) is 5.75 Å². The van der Waals surface area contributed by atoms with Crippen molar-refractivity contribution in [1.29, 1.82) is 0 Å². The molecule has 86 valence electrons. The molecule has 17 heavy (non-hydrogen) atoms. The zero-order chi connectivity index (χ0) is 12.3. The van der Waals surface area contributed by atoms with Crippen molar-refractivity contribution < 1.29 is 15.0 Å². The monoisotopic (exact) mass is 228 g/mol. The van der Waals surface area contributed by atoms with E-state index in [0.717, 1.165) is 10.8 Å². The van der Waals surface area contributed by atoms with Gasteiger partial charge >= 0.3 is 5.97 Å². The zero-order valence-electron chi connectivity index (χ0n) is 9.13. The summed E-state index contributed by atoms with van der Waals surface area (Å²) in [7, 11) is 0. The van der Waals surface area contributed by atoms with E-state index in [-0.39, 0.29) is 12.2 Å². The maximum atomic E-state index is 10.4. The standard InChI is InChI=1S/C14H12O3/c15-13-9-8-10-4-1-2-5-11(10)12(13)6-3-7-14(16)17/h1-6,8-9,15H,7H2,(H,16,17). The molecule has 0 saturated heterocycles. The Morgan fingerprint density at radius 2 is 1.94 bits per heavy atom. The predicted molar refractivity (Wildman–Crippen MR) is 66.9 cm³/mol. The van der Waals surface area contributed by atoms with Gasteiger partial charge in [0.05, 0.1) is 6.42 Å². The highest BCUT2D eigenvalue weighted by Gasteiger charge is 2.03. The van der Waals surface area contributed by atoms with E-state index in [4.69, 9.17) is 5.11 Å². The molecule has 2 aromatic carbocycles. The third-order valence-electron chi connectivity index (χ3n) is 2.52. The van der Waals surface area contributed by atoms with Crippen molar-refractivity contribution in [2.75, 3.05) is 0 Å². The van der Waals surface area contributed by atoms with Crippen molar-refractivity contribution in [3.8, 4) is 5.75 Å². The fourth-order valence-corrected chi connectivity index (χ4v) is 1.74. The normalized spacial score (nSPS) is 11.1. The summed E-state index contributed by atoms with van der Waals surface area (Å²) in [6.45, 7) is 0. The van der Waals surface area contributed by atoms with E-state index >= 15 is 0 Å². The summed E-state index contributed by atoms with van der Waals surface area (Å²) < 4.78 is 0. The largest absolute Gasteiger partial charge is 0.507 e. The molecule has 2 N–H and O–H groups in total. The molecule has 0 saturated carbocycles. The fraction of sp³-hybridized carbons (Fsp3) is 0.0714. The van der Waals surface area contributed by atoms with Gasteiger partial charge in [0, 0.05) is 5.56 Å². The summed E-state index contributed by atoms with van der Waals surface area (Å²) in [6, 6.07) is 11.1. The molecule has 0 heterocycles. The van der Waals surface area contributed by atoms with E-state index in [1.165, 1.54) is 6.08 Å². The molecular formula is C14H12O3. The number of carboxylic acids is 1. The van der Waals surface area contributed by atoms with Crippen LogP contribution >= 0.6 is 0 Å². The molecule has 0 aliphatic rings. The van der Waals surface area contributed by atoms with Crippen LogP contribution in [-0.4, -0.2) is 16.2 Å². The van der Waals surface area contributed by atoms with Crippen LogP contribution in [0.5, 0.6) is 5.75 Å². The Hall–Kier alpha value is -2.29. The lowest BCUT2D eigenvalue weighted by atomic mass is 10.0. The minimum absolute atomic E-state index is 0.0529. The number of phenolic OH excluding ortho intramolecular Hbond substituents is 1. The van der Waals surface area contributed by atoms with Gasteiger partial charge in [-0.15, -0.1) is 0 Å². The first kappa shape index (κ1) is 11.2. The lowest BCUT2D eigenvalue weighted by Gasteiger charge is -2.04. The first-order chi connectivity index (χ1) is 8.18. The van der Waals surface area contributed by atoms with E-state index in [1.807, 2.05) is 30.3 Å². The van der Waals surface area contributed by atoms with Crippen LogP contribution in [-0.2, 0) is 4.79 Å². The summed E-state index contributed by atoms with van der Waals surface area (Å²) in [5, 5.41) is 20.3. The summed E-state index contributed by atoms with van der Waals surface area (Å²) in [5.41, 5.74) is 0.657. The Labute approximate surface area is 98.6 Å². The van der Waals surface area contributed by atoms with Crippen molar-refractivity contribution in [1.82, 2.24) is 0 Å². The van der Waals surface area contributed by atoms with Crippen molar-refractivity contribution in [3.05, 3.63) is 48.0 Å². The van der Waals surface area contributed by atoms with Gasteiger partial charge in [-0.2, -0.15) is 0 Å². The molecule has 0 atom stereocenters. The lowest BCUT2D eigenvalue weighted by Crippen LogP contribution is -1.89. The van der Waals surface area contributed by atoms with Crippen molar-refractivity contribution in [3.63, 3.8) is 0 Å². The first-order valence-corrected chi connectivity index (χ1v) is 5.27. The molecule has 0 bridgehead atoms. The average molecular weight is 228 g/mol. The number of benzene rings is 2. The van der Waals surface area contributed by atoms with Crippen LogP contribution in [0.1, 0.15) is 12.0 Å². The second-order valence-corrected chi connectivity index (χ2v) is 3.72. The SMILES string of the molecule is O=C(O)CC=Cc1c(O)ccc2ccccc12. The van der Waals surface area contributed by atoms with Crippen molar-refractivity contribution in [2.45, 2.75) is 6.42 Å². The minimum atomic E-state index is -0.888. The van der Waals surface area contributed by atoms with Crippen LogP contribution in [0.2, 0.25) is 0 Å². The highest BCUT2D eigenvalue weighted by Crippen LogP contribution is 2.28. The van der Waals surface area contributed by atoms with Crippen molar-refractivity contribution in [2.24, 2.45) is 0 Å². The summed E-state index contributed by atoms with van der Waals surface area (Å²) in [4.78, 5) is 10.4. The molecule has 2 rings (SSSR count). The molecular weight excluding hydrogens is 216 g/mol. The molecule has 0 amide bonds. The van der Waals surface area contributed by atoms with E-state index in [0.29, 0.717) is 5.56 Å². The van der Waals surface area contributed by atoms with Crippen LogP contribution in [0.25, 0.3) is 16.8 Å². The number of phenols is 1. The van der Waals surface area contributed by atoms with Gasteiger partial charge in [0.25, 0.3) is 0 Å². The molecule has 3 heteroatoms. The topological polar surface area (TPSA) is 57.5 Å². The highest BCUT2D eigenvalue weighted by atomic mass is 16.4. The van der Waals surface area contributed by atoms with Gasteiger partial charge in [0.15, 0.2) is 0 Å². The van der Waals surface area contributed by atoms with Crippen molar-refractivity contribution >= 4 is 22.8 Å². The summed E-state index contributed by atoms with van der Waals surface area (Å²) in [6.07, 6.45) is 3.12. The minimum Gasteiger partial charge on any atom is -0.507 e. The zero-order valence-corrected chi connectivity index (χ0v) is 9.13. The first-order valence-electron chi connectivity index (χ1n) is 5.27. The smallest absolute Gasteiger partial charge is 0.307 e. The number of rotatable bonds is 3. The average Bonchev–Trinajstić information content (AvgIpc) is 2.32. The summed E-state index contributed by atoms with van der Waals surface area (Å²) in [5.74, 6) is -0.730. The van der Waals surface area contributed by atoms with Crippen LogP contribution in [0.15, 0.2) is 42.5 Å². The number of hydrogen-bond donors (Lipinski definition) is 2. The maximum absolute atomic E-state index is 10.4. The Bertz CT molecular complexity index is 585. The number of fused-ring (bicyclic) bond motifs is 1. The van der Waals surface area contributed by atoms with Gasteiger partial charge < -0.3 is 10.2 Å². The highest BCUT2D eigenvalue weighted by molar-refractivity contribution is 5.93. The van der Waals surface area contributed by atoms with E-state index in [9.17, 15) is 9.90 Å². The molecule has 0 unspecified atom stereocenters. The Morgan fingerprint density at radius 3 is 2.71 bits per heavy atom. The van der Waals surface area contributed by atoms with Crippen LogP contribution in [0, 0.1) is 0 Å². The van der Waals surface area contributed by atoms with E-state index in [2.05, 4.69) is 0 Å². The third-order valence-corrected chi connectivity index (χ3v) is 2.52. The fourth-order valence-electron chi connectivity index (χ4n) is 1.74. The van der Waals surface area contributed by atoms with Gasteiger partial charge in [-0.3, -0.25) is 4.79 Å². The summed E-state index contributed by atoms with van der Waals surface area (Å²) >= 11 is 0. The van der Waals surface area contributed by atoms with Gasteiger partial charge in [-0.05, 0) is 16.8 Å². The Morgan fingerprint density at radius 1 is 1.18 bits per heavy atom. The number of carboxylic acid groups (broad SMARTS) is 1. The van der Waals surface area contributed by atoms with E-state index in [1.54, 1.807) is 12.1 Å². The second-order valence-electron chi connectivity index (χ2n) is 3.72. The molecule has 0 aromatic heterocycles. The van der Waals surface area contributed by atoms with Crippen LogP contribution in [0.4, 0.5) is 0 Å². The molecule has 0 spiro atoms. The Balaban J connectivity index is 2.47. The molecule has 0 aliphatic carbocycles. The Kier molecular flexibility index (Phi) is 3.10. The molecule has 3 nitrogen and oxygen atoms in total. The molecule has 0 aliphatic heterocycles. The van der Waals surface area contributed by atoms with Gasteiger partial charge in [-0.25, -0.2) is 0 Å². The lowest BCUT2D eigenvalue weighted by molar-refractivity contribution is -0.135. The molecule has 0 fully saturated rings. The predicted octanol–water partition coefficient (Wildman–Crippen LogP) is 3.03. The number of hydrogen-bond acceptors (Lipinski definition) is 2. The maximum Gasteiger partial charge on any atom is 0.307 e. The van der Waals surface area contributed by atoms with Crippen LogP contribution < -0.4 is 0 Å². The van der Waals surface area contributed by atoms with Crippen LogP contribution in [0.3, 0.4) is 0 Å². The quantitative estimate of drug-likeness (QED) is 0.848. The number of aromatic hydroxyl groups is 1. The molecule has 2 aromatic rings. The second kappa shape index (κ2) is 4.70.